The van der Waals surface area contributed by atoms with E-state index < -0.39 is 0 Å². The summed E-state index contributed by atoms with van der Waals surface area (Å²) in [5.41, 5.74) is 2.05. The summed E-state index contributed by atoms with van der Waals surface area (Å²) in [6.45, 7) is 7.68. The summed E-state index contributed by atoms with van der Waals surface area (Å²) in [4.78, 5) is 11.4. The first-order valence-electron chi connectivity index (χ1n) is 5.96. The third-order valence-electron chi connectivity index (χ3n) is 2.18. The summed E-state index contributed by atoms with van der Waals surface area (Å²) in [7, 11) is 0. The van der Waals surface area contributed by atoms with Crippen LogP contribution in [0.5, 0.6) is 0 Å². The van der Waals surface area contributed by atoms with Gasteiger partial charge < -0.3 is 15.4 Å². The van der Waals surface area contributed by atoms with Crippen LogP contribution in [-0.4, -0.2) is 25.8 Å². The highest BCUT2D eigenvalue weighted by atomic mass is 16.5. The fraction of sp³-hybridized carbons (Fsp3) is 0.357. The summed E-state index contributed by atoms with van der Waals surface area (Å²) in [5, 5.41) is 5.50. The maximum Gasteiger partial charge on any atom is 0.315 e. The van der Waals surface area contributed by atoms with E-state index in [1.165, 1.54) is 0 Å². The molecule has 4 heteroatoms. The Kier molecular flexibility index (Phi) is 6.58. The molecule has 0 aromatic heterocycles. The Labute approximate surface area is 108 Å². The van der Waals surface area contributed by atoms with Crippen molar-refractivity contribution in [2.45, 2.75) is 13.5 Å². The number of carbonyl (C=O) groups is 1. The van der Waals surface area contributed by atoms with Crippen molar-refractivity contribution in [3.8, 4) is 0 Å². The van der Waals surface area contributed by atoms with Crippen molar-refractivity contribution in [1.29, 1.82) is 0 Å². The summed E-state index contributed by atoms with van der Waals surface area (Å²) >= 11 is 0. The largest absolute Gasteiger partial charge is 0.375 e. The minimum absolute atomic E-state index is 0.183. The van der Waals surface area contributed by atoms with E-state index in [1.54, 1.807) is 0 Å². The van der Waals surface area contributed by atoms with Crippen LogP contribution in [0.4, 0.5) is 4.79 Å². The molecule has 0 aliphatic rings. The second-order valence-electron chi connectivity index (χ2n) is 4.10. The van der Waals surface area contributed by atoms with Gasteiger partial charge in [0.05, 0.1) is 13.2 Å². The van der Waals surface area contributed by atoms with Gasteiger partial charge in [0, 0.05) is 13.1 Å². The average Bonchev–Trinajstić information content (AvgIpc) is 2.37. The predicted octanol–water partition coefficient (Wildman–Crippen LogP) is 2.08. The van der Waals surface area contributed by atoms with Gasteiger partial charge in [-0.15, -0.1) is 0 Å². The Morgan fingerprint density at radius 1 is 1.28 bits per heavy atom. The second kappa shape index (κ2) is 8.31. The molecular formula is C14H20N2O2. The van der Waals surface area contributed by atoms with Crippen molar-refractivity contribution < 1.29 is 9.53 Å². The van der Waals surface area contributed by atoms with Gasteiger partial charge >= 0.3 is 6.03 Å². The van der Waals surface area contributed by atoms with Gasteiger partial charge in [-0.3, -0.25) is 0 Å². The molecule has 0 heterocycles. The van der Waals surface area contributed by atoms with Gasteiger partial charge in [0.2, 0.25) is 0 Å². The number of nitrogens with one attached hydrogen (secondary N) is 2. The molecule has 0 atom stereocenters. The quantitative estimate of drug-likeness (QED) is 0.573. The van der Waals surface area contributed by atoms with Crippen LogP contribution in [0.25, 0.3) is 0 Å². The summed E-state index contributed by atoms with van der Waals surface area (Å²) in [5.74, 6) is 0. The lowest BCUT2D eigenvalue weighted by molar-refractivity contribution is 0.158. The van der Waals surface area contributed by atoms with Crippen LogP contribution in [0.3, 0.4) is 0 Å². The minimum Gasteiger partial charge on any atom is -0.375 e. The number of carbonyl (C=O) groups excluding carboxylic acids is 1. The molecule has 1 aromatic rings. The number of rotatable bonds is 7. The zero-order valence-electron chi connectivity index (χ0n) is 10.7. The predicted molar refractivity (Wildman–Crippen MR) is 72.3 cm³/mol. The SMILES string of the molecule is C=C(C)COCCNC(=O)NCc1ccccc1. The highest BCUT2D eigenvalue weighted by Gasteiger charge is 1.99. The Morgan fingerprint density at radius 2 is 2.00 bits per heavy atom. The number of amides is 2. The third-order valence-corrected chi connectivity index (χ3v) is 2.18. The number of urea groups is 1. The van der Waals surface area contributed by atoms with Crippen molar-refractivity contribution >= 4 is 6.03 Å². The lowest BCUT2D eigenvalue weighted by Crippen LogP contribution is -2.36. The summed E-state index contributed by atoms with van der Waals surface area (Å²) in [6, 6.07) is 9.59. The number of benzene rings is 1. The van der Waals surface area contributed by atoms with E-state index in [4.69, 9.17) is 4.74 Å². The fourth-order valence-electron chi connectivity index (χ4n) is 1.32. The molecule has 98 valence electrons. The zero-order chi connectivity index (χ0) is 13.2. The number of ether oxygens (including phenoxy) is 1. The van der Waals surface area contributed by atoms with E-state index in [-0.39, 0.29) is 6.03 Å². The number of hydrogen-bond acceptors (Lipinski definition) is 2. The highest BCUT2D eigenvalue weighted by molar-refractivity contribution is 5.73. The van der Waals surface area contributed by atoms with Crippen LogP contribution in [-0.2, 0) is 11.3 Å². The van der Waals surface area contributed by atoms with E-state index in [1.807, 2.05) is 37.3 Å². The molecule has 1 rings (SSSR count). The van der Waals surface area contributed by atoms with Crippen molar-refractivity contribution in [1.82, 2.24) is 10.6 Å². The first-order valence-corrected chi connectivity index (χ1v) is 5.96. The molecule has 0 unspecified atom stereocenters. The van der Waals surface area contributed by atoms with E-state index in [0.29, 0.717) is 26.3 Å². The maximum absolute atomic E-state index is 11.4. The fourth-order valence-corrected chi connectivity index (χ4v) is 1.32. The van der Waals surface area contributed by atoms with Crippen LogP contribution in [0.15, 0.2) is 42.5 Å². The Bertz CT molecular complexity index is 377. The second-order valence-corrected chi connectivity index (χ2v) is 4.10. The minimum atomic E-state index is -0.183. The lowest BCUT2D eigenvalue weighted by Gasteiger charge is -2.08. The van der Waals surface area contributed by atoms with Crippen LogP contribution >= 0.6 is 0 Å². The lowest BCUT2D eigenvalue weighted by atomic mass is 10.2. The summed E-state index contributed by atoms with van der Waals surface area (Å²) < 4.78 is 5.27. The molecule has 0 saturated carbocycles. The van der Waals surface area contributed by atoms with Gasteiger partial charge in [0.1, 0.15) is 0 Å². The van der Waals surface area contributed by atoms with Crippen molar-refractivity contribution in [3.63, 3.8) is 0 Å². The molecular weight excluding hydrogens is 228 g/mol. The molecule has 0 aliphatic heterocycles. The molecule has 0 fully saturated rings. The van der Waals surface area contributed by atoms with Crippen molar-refractivity contribution in [2.24, 2.45) is 0 Å². The van der Waals surface area contributed by atoms with Gasteiger partial charge in [-0.05, 0) is 12.5 Å². The van der Waals surface area contributed by atoms with Crippen LogP contribution in [0, 0.1) is 0 Å². The Hall–Kier alpha value is -1.81. The topological polar surface area (TPSA) is 50.4 Å². The Balaban J connectivity index is 2.06. The van der Waals surface area contributed by atoms with Crippen molar-refractivity contribution in [2.75, 3.05) is 19.8 Å². The number of hydrogen-bond donors (Lipinski definition) is 2. The Morgan fingerprint density at radius 3 is 2.67 bits per heavy atom. The normalized spacial score (nSPS) is 9.83. The molecule has 0 aliphatic carbocycles. The molecule has 0 spiro atoms. The molecule has 4 nitrogen and oxygen atoms in total. The molecule has 2 N–H and O–H groups in total. The van der Waals surface area contributed by atoms with E-state index in [9.17, 15) is 4.79 Å². The van der Waals surface area contributed by atoms with Gasteiger partial charge in [-0.2, -0.15) is 0 Å². The van der Waals surface area contributed by atoms with Gasteiger partial charge in [0.15, 0.2) is 0 Å². The maximum atomic E-state index is 11.4. The summed E-state index contributed by atoms with van der Waals surface area (Å²) in [6.07, 6.45) is 0. The molecule has 18 heavy (non-hydrogen) atoms. The zero-order valence-corrected chi connectivity index (χ0v) is 10.7. The van der Waals surface area contributed by atoms with Crippen LogP contribution < -0.4 is 10.6 Å². The van der Waals surface area contributed by atoms with Crippen LogP contribution in [0.1, 0.15) is 12.5 Å². The first kappa shape index (κ1) is 14.3. The van der Waals surface area contributed by atoms with E-state index in [2.05, 4.69) is 17.2 Å². The van der Waals surface area contributed by atoms with Crippen LogP contribution in [0.2, 0.25) is 0 Å². The molecule has 0 bridgehead atoms. The molecule has 0 radical (unpaired) electrons. The molecule has 2 amide bonds. The monoisotopic (exact) mass is 248 g/mol. The first-order chi connectivity index (χ1) is 8.68. The molecule has 0 saturated heterocycles. The van der Waals surface area contributed by atoms with E-state index in [0.717, 1.165) is 11.1 Å². The third kappa shape index (κ3) is 6.70. The van der Waals surface area contributed by atoms with Gasteiger partial charge in [-0.25, -0.2) is 4.79 Å². The average molecular weight is 248 g/mol. The molecule has 1 aromatic carbocycles. The standard InChI is InChI=1S/C14H20N2O2/c1-12(2)11-18-9-8-15-14(17)16-10-13-6-4-3-5-7-13/h3-7H,1,8-11H2,2H3,(H2,15,16,17). The highest BCUT2D eigenvalue weighted by Crippen LogP contribution is 1.96. The smallest absolute Gasteiger partial charge is 0.315 e. The van der Waals surface area contributed by atoms with E-state index >= 15 is 0 Å². The van der Waals surface area contributed by atoms with Crippen molar-refractivity contribution in [3.05, 3.63) is 48.0 Å². The van der Waals surface area contributed by atoms with Gasteiger partial charge in [-0.1, -0.05) is 42.5 Å². The van der Waals surface area contributed by atoms with Gasteiger partial charge in [0.25, 0.3) is 0 Å².